The number of amides is 2. The van der Waals surface area contributed by atoms with Crippen LogP contribution in [0.5, 0.6) is 17.2 Å². The van der Waals surface area contributed by atoms with Crippen molar-refractivity contribution in [1.29, 1.82) is 0 Å². The van der Waals surface area contributed by atoms with E-state index in [0.717, 1.165) is 15.4 Å². The molecular formula is C33H43N3O7S. The molecule has 0 fully saturated rings. The predicted octanol–water partition coefficient (Wildman–Crippen LogP) is 4.94. The smallest absolute Gasteiger partial charge is 0.264 e. The highest BCUT2D eigenvalue weighted by Gasteiger charge is 2.35. The number of rotatable bonds is 13. The van der Waals surface area contributed by atoms with E-state index in [9.17, 15) is 18.0 Å². The highest BCUT2D eigenvalue weighted by Crippen LogP contribution is 2.36. The Morgan fingerprint density at radius 1 is 0.864 bits per heavy atom. The highest BCUT2D eigenvalue weighted by atomic mass is 32.2. The second kappa shape index (κ2) is 14.5. The SMILES string of the molecule is CCC(C(=O)NC(C)(C)C)N(Cc1ccc(OC)cc1)C(=O)CN(c1cc(OC)ccc1OC)S(=O)(=O)c1ccc(C)cc1. The third kappa shape index (κ3) is 8.43. The van der Waals surface area contributed by atoms with Crippen molar-refractivity contribution >= 4 is 27.5 Å². The maximum absolute atomic E-state index is 14.4. The van der Waals surface area contributed by atoms with E-state index in [-0.39, 0.29) is 28.8 Å². The Morgan fingerprint density at radius 2 is 1.45 bits per heavy atom. The lowest BCUT2D eigenvalue weighted by atomic mass is 10.1. The van der Waals surface area contributed by atoms with Crippen molar-refractivity contribution in [2.75, 3.05) is 32.2 Å². The van der Waals surface area contributed by atoms with E-state index in [1.54, 1.807) is 55.6 Å². The van der Waals surface area contributed by atoms with Crippen LogP contribution in [0, 0.1) is 6.92 Å². The van der Waals surface area contributed by atoms with Crippen LogP contribution in [0.2, 0.25) is 0 Å². The van der Waals surface area contributed by atoms with Crippen molar-refractivity contribution < 1.29 is 32.2 Å². The molecule has 0 aliphatic carbocycles. The fourth-order valence-corrected chi connectivity index (χ4v) is 6.06. The average molecular weight is 626 g/mol. The molecule has 3 aromatic carbocycles. The summed E-state index contributed by atoms with van der Waals surface area (Å²) in [5.74, 6) is 0.340. The van der Waals surface area contributed by atoms with Crippen molar-refractivity contribution in [2.45, 2.75) is 64.1 Å². The molecule has 1 atom stereocenters. The summed E-state index contributed by atoms with van der Waals surface area (Å²) >= 11 is 0. The first-order valence-electron chi connectivity index (χ1n) is 14.3. The molecule has 3 aromatic rings. The number of sulfonamides is 1. The summed E-state index contributed by atoms with van der Waals surface area (Å²) in [6.45, 7) is 8.71. The molecule has 2 amide bonds. The van der Waals surface area contributed by atoms with Crippen molar-refractivity contribution in [3.05, 3.63) is 77.9 Å². The van der Waals surface area contributed by atoms with Crippen molar-refractivity contribution in [3.8, 4) is 17.2 Å². The predicted molar refractivity (Wildman–Crippen MR) is 171 cm³/mol. The Hall–Kier alpha value is -4.25. The molecule has 0 saturated carbocycles. The van der Waals surface area contributed by atoms with E-state index in [1.807, 2.05) is 34.6 Å². The summed E-state index contributed by atoms with van der Waals surface area (Å²) < 4.78 is 45.7. The van der Waals surface area contributed by atoms with Crippen LogP contribution >= 0.6 is 0 Å². The zero-order valence-electron chi connectivity index (χ0n) is 26.7. The van der Waals surface area contributed by atoms with Crippen LogP contribution in [0.15, 0.2) is 71.6 Å². The molecule has 0 heterocycles. The molecule has 0 radical (unpaired) electrons. The van der Waals surface area contributed by atoms with E-state index in [4.69, 9.17) is 14.2 Å². The first kappa shape index (κ1) is 34.2. The molecule has 0 aliphatic heterocycles. The standard InChI is InChI=1S/C33H43N3O7S/c1-9-28(32(38)34-33(3,4)5)35(21-24-12-14-25(41-6)15-13-24)31(37)22-36(29-20-26(42-7)16-19-30(29)43-8)44(39,40)27-17-10-23(2)11-18-27/h10-20,28H,9,21-22H2,1-8H3,(H,34,38). The maximum atomic E-state index is 14.4. The number of carbonyl (C=O) groups excluding carboxylic acids is 2. The van der Waals surface area contributed by atoms with Gasteiger partial charge in [0, 0.05) is 18.2 Å². The minimum atomic E-state index is -4.29. The highest BCUT2D eigenvalue weighted by molar-refractivity contribution is 7.92. The maximum Gasteiger partial charge on any atom is 0.264 e. The Balaban J connectivity index is 2.15. The van der Waals surface area contributed by atoms with Crippen LogP contribution in [-0.2, 0) is 26.2 Å². The lowest BCUT2D eigenvalue weighted by Gasteiger charge is -2.35. The first-order valence-corrected chi connectivity index (χ1v) is 15.7. The zero-order valence-corrected chi connectivity index (χ0v) is 27.5. The van der Waals surface area contributed by atoms with Crippen LogP contribution in [0.1, 0.15) is 45.2 Å². The van der Waals surface area contributed by atoms with Crippen LogP contribution < -0.4 is 23.8 Å². The van der Waals surface area contributed by atoms with Crippen LogP contribution in [0.3, 0.4) is 0 Å². The number of nitrogens with one attached hydrogen (secondary N) is 1. The summed E-state index contributed by atoms with van der Waals surface area (Å²) in [6.07, 6.45) is 0.303. The number of hydrogen-bond acceptors (Lipinski definition) is 7. The summed E-state index contributed by atoms with van der Waals surface area (Å²) in [6, 6.07) is 17.4. The fourth-order valence-electron chi connectivity index (χ4n) is 4.64. The van der Waals surface area contributed by atoms with E-state index in [0.29, 0.717) is 17.9 Å². The number of anilines is 1. The molecule has 3 rings (SSSR count). The molecule has 1 unspecified atom stereocenters. The third-order valence-corrected chi connectivity index (χ3v) is 8.71. The minimum Gasteiger partial charge on any atom is -0.497 e. The lowest BCUT2D eigenvalue weighted by molar-refractivity contribution is -0.141. The quantitative estimate of drug-likeness (QED) is 0.286. The number of carbonyl (C=O) groups is 2. The molecule has 0 bridgehead atoms. The Kier molecular flexibility index (Phi) is 11.3. The molecule has 0 saturated heterocycles. The van der Waals surface area contributed by atoms with Gasteiger partial charge >= 0.3 is 0 Å². The second-order valence-electron chi connectivity index (χ2n) is 11.4. The van der Waals surface area contributed by atoms with Gasteiger partial charge in [0.15, 0.2) is 0 Å². The van der Waals surface area contributed by atoms with Crippen molar-refractivity contribution in [1.82, 2.24) is 10.2 Å². The molecule has 0 aromatic heterocycles. The van der Waals surface area contributed by atoms with Gasteiger partial charge in [0.1, 0.15) is 29.8 Å². The van der Waals surface area contributed by atoms with Gasteiger partial charge in [-0.3, -0.25) is 13.9 Å². The Morgan fingerprint density at radius 3 is 1.98 bits per heavy atom. The lowest BCUT2D eigenvalue weighted by Crippen LogP contribution is -2.55. The molecule has 10 nitrogen and oxygen atoms in total. The number of benzene rings is 3. The molecule has 44 heavy (non-hydrogen) atoms. The van der Waals surface area contributed by atoms with Crippen LogP contribution in [-0.4, -0.2) is 64.6 Å². The Bertz CT molecular complexity index is 1530. The van der Waals surface area contributed by atoms with Crippen LogP contribution in [0.25, 0.3) is 0 Å². The van der Waals surface area contributed by atoms with E-state index in [2.05, 4.69) is 5.32 Å². The van der Waals surface area contributed by atoms with Gasteiger partial charge in [-0.15, -0.1) is 0 Å². The second-order valence-corrected chi connectivity index (χ2v) is 13.3. The summed E-state index contributed by atoms with van der Waals surface area (Å²) in [7, 11) is 0.158. The number of hydrogen-bond donors (Lipinski definition) is 1. The molecule has 0 aliphatic rings. The minimum absolute atomic E-state index is 0.00000508. The zero-order chi connectivity index (χ0) is 32.7. The van der Waals surface area contributed by atoms with Gasteiger partial charge in [0.05, 0.1) is 31.9 Å². The topological polar surface area (TPSA) is 114 Å². The normalized spacial score (nSPS) is 12.2. The molecule has 238 valence electrons. The van der Waals surface area contributed by atoms with Gasteiger partial charge in [0.25, 0.3) is 10.0 Å². The molecule has 1 N–H and O–H groups in total. The average Bonchev–Trinajstić information content (AvgIpc) is 2.98. The van der Waals surface area contributed by atoms with Crippen molar-refractivity contribution in [3.63, 3.8) is 0 Å². The Labute approximate surface area is 261 Å². The molecular weight excluding hydrogens is 582 g/mol. The van der Waals surface area contributed by atoms with Crippen molar-refractivity contribution in [2.24, 2.45) is 0 Å². The van der Waals surface area contributed by atoms with E-state index in [1.165, 1.54) is 37.3 Å². The fraction of sp³-hybridized carbons (Fsp3) is 0.394. The van der Waals surface area contributed by atoms with Gasteiger partial charge < -0.3 is 24.4 Å². The number of ether oxygens (including phenoxy) is 3. The molecule has 0 spiro atoms. The van der Waals surface area contributed by atoms with Crippen LogP contribution in [0.4, 0.5) is 5.69 Å². The largest absolute Gasteiger partial charge is 0.497 e. The number of nitrogens with zero attached hydrogens (tertiary/aromatic N) is 2. The first-order chi connectivity index (χ1) is 20.7. The van der Waals surface area contributed by atoms with Gasteiger partial charge in [-0.25, -0.2) is 8.42 Å². The van der Waals surface area contributed by atoms with Gasteiger partial charge in [-0.05, 0) is 76.1 Å². The van der Waals surface area contributed by atoms with Gasteiger partial charge in [-0.2, -0.15) is 0 Å². The van der Waals surface area contributed by atoms with Gasteiger partial charge in [0.2, 0.25) is 11.8 Å². The monoisotopic (exact) mass is 625 g/mol. The van der Waals surface area contributed by atoms with E-state index < -0.39 is 34.1 Å². The van der Waals surface area contributed by atoms with Gasteiger partial charge in [-0.1, -0.05) is 36.8 Å². The third-order valence-electron chi connectivity index (χ3n) is 6.94. The summed E-state index contributed by atoms with van der Waals surface area (Å²) in [4.78, 5) is 29.3. The summed E-state index contributed by atoms with van der Waals surface area (Å²) in [5.41, 5.74) is 1.20. The summed E-state index contributed by atoms with van der Waals surface area (Å²) in [5, 5.41) is 2.97. The number of aryl methyl sites for hydroxylation is 1. The molecule has 11 heteroatoms. The van der Waals surface area contributed by atoms with E-state index >= 15 is 0 Å². The number of methoxy groups -OCH3 is 3.